The van der Waals surface area contributed by atoms with Crippen LogP contribution < -0.4 is 5.32 Å². The molecule has 0 aromatic rings. The van der Waals surface area contributed by atoms with E-state index in [2.05, 4.69) is 28.4 Å². The van der Waals surface area contributed by atoms with Gasteiger partial charge in [0.05, 0.1) is 0 Å². The Morgan fingerprint density at radius 2 is 2.14 bits per heavy atom. The van der Waals surface area contributed by atoms with Gasteiger partial charge in [-0.05, 0) is 56.3 Å². The molecule has 0 spiro atoms. The summed E-state index contributed by atoms with van der Waals surface area (Å²) in [5.41, 5.74) is 3.49. The molecule has 0 fully saturated rings. The van der Waals surface area contributed by atoms with Crippen molar-refractivity contribution in [3.05, 3.63) is 47.2 Å². The topological polar surface area (TPSA) is 32.3 Å². The molecule has 1 aliphatic heterocycles. The summed E-state index contributed by atoms with van der Waals surface area (Å²) in [6.45, 7) is 0.907. The van der Waals surface area contributed by atoms with E-state index in [9.17, 15) is 4.79 Å². The van der Waals surface area contributed by atoms with Crippen LogP contribution in [0.2, 0.25) is 0 Å². The molecule has 1 heterocycles. The van der Waals surface area contributed by atoms with Crippen LogP contribution in [0, 0.1) is 0 Å². The third-order valence-corrected chi connectivity index (χ3v) is 4.48. The number of allylic oxidation sites excluding steroid dienone is 7. The second kappa shape index (κ2) is 6.39. The monoisotopic (exact) mass is 300 g/mol. The standard InChI is InChI=1S/C17H20N2OS/c20-16(14-8-2-1-3-9-14)18-17(21)19-12-6-10-13-7-4-5-11-15(13)19/h1-2,4,7,9H,3,5-6,8,10-12H2,(H,18,20,21). The molecule has 0 radical (unpaired) electrons. The van der Waals surface area contributed by atoms with E-state index in [0.29, 0.717) is 11.5 Å². The summed E-state index contributed by atoms with van der Waals surface area (Å²) in [7, 11) is 0. The van der Waals surface area contributed by atoms with Gasteiger partial charge in [0.2, 0.25) is 0 Å². The lowest BCUT2D eigenvalue weighted by atomic mass is 9.95. The van der Waals surface area contributed by atoms with E-state index in [0.717, 1.165) is 44.2 Å². The molecule has 0 saturated carbocycles. The number of amides is 1. The van der Waals surface area contributed by atoms with E-state index in [1.54, 1.807) is 0 Å². The average Bonchev–Trinajstić information content (AvgIpc) is 2.55. The highest BCUT2D eigenvalue weighted by Gasteiger charge is 2.24. The molecule has 2 aliphatic carbocycles. The Labute approximate surface area is 131 Å². The maximum atomic E-state index is 12.3. The predicted octanol–water partition coefficient (Wildman–Crippen LogP) is 3.36. The van der Waals surface area contributed by atoms with Crippen molar-refractivity contribution in [2.75, 3.05) is 6.54 Å². The number of carbonyl (C=O) groups is 1. The molecule has 110 valence electrons. The summed E-state index contributed by atoms with van der Waals surface area (Å²) < 4.78 is 0. The minimum absolute atomic E-state index is 0.0524. The van der Waals surface area contributed by atoms with Crippen molar-refractivity contribution in [3.8, 4) is 0 Å². The second-order valence-electron chi connectivity index (χ2n) is 5.57. The Hall–Kier alpha value is -1.68. The first-order chi connectivity index (χ1) is 10.3. The molecular weight excluding hydrogens is 280 g/mol. The molecule has 0 atom stereocenters. The Morgan fingerprint density at radius 1 is 1.24 bits per heavy atom. The van der Waals surface area contributed by atoms with E-state index in [4.69, 9.17) is 12.2 Å². The zero-order chi connectivity index (χ0) is 14.7. The van der Waals surface area contributed by atoms with Gasteiger partial charge in [0.1, 0.15) is 0 Å². The zero-order valence-corrected chi connectivity index (χ0v) is 12.9. The predicted molar refractivity (Wildman–Crippen MR) is 88.5 cm³/mol. The SMILES string of the molecule is O=C(NC(=S)N1CCCC2=C1CCC=C2)C1=CCC=CC1. The summed E-state index contributed by atoms with van der Waals surface area (Å²) in [5, 5.41) is 3.46. The fourth-order valence-electron chi connectivity index (χ4n) is 3.06. The van der Waals surface area contributed by atoms with Gasteiger partial charge in [0, 0.05) is 17.8 Å². The van der Waals surface area contributed by atoms with Gasteiger partial charge in [-0.3, -0.25) is 10.1 Å². The van der Waals surface area contributed by atoms with E-state index >= 15 is 0 Å². The van der Waals surface area contributed by atoms with Crippen LogP contribution in [0.15, 0.2) is 47.2 Å². The van der Waals surface area contributed by atoms with E-state index in [-0.39, 0.29) is 5.91 Å². The van der Waals surface area contributed by atoms with Gasteiger partial charge >= 0.3 is 0 Å². The highest BCUT2D eigenvalue weighted by Crippen LogP contribution is 2.30. The van der Waals surface area contributed by atoms with Crippen molar-refractivity contribution in [2.45, 2.75) is 38.5 Å². The molecule has 0 unspecified atom stereocenters. The third kappa shape index (κ3) is 3.16. The van der Waals surface area contributed by atoms with Crippen molar-refractivity contribution in [1.29, 1.82) is 0 Å². The Morgan fingerprint density at radius 3 is 2.95 bits per heavy atom. The molecule has 4 heteroatoms. The van der Waals surface area contributed by atoms with Crippen LogP contribution in [0.5, 0.6) is 0 Å². The van der Waals surface area contributed by atoms with Gasteiger partial charge in [0.25, 0.3) is 5.91 Å². The van der Waals surface area contributed by atoms with Crippen molar-refractivity contribution in [3.63, 3.8) is 0 Å². The van der Waals surface area contributed by atoms with Crippen molar-refractivity contribution < 1.29 is 4.79 Å². The molecule has 1 N–H and O–H groups in total. The maximum absolute atomic E-state index is 12.3. The largest absolute Gasteiger partial charge is 0.322 e. The summed E-state index contributed by atoms with van der Waals surface area (Å²) in [6.07, 6.45) is 16.3. The summed E-state index contributed by atoms with van der Waals surface area (Å²) in [4.78, 5) is 14.4. The molecule has 21 heavy (non-hydrogen) atoms. The van der Waals surface area contributed by atoms with Crippen LogP contribution in [-0.2, 0) is 4.79 Å². The quantitative estimate of drug-likeness (QED) is 0.595. The molecule has 0 bridgehead atoms. The van der Waals surface area contributed by atoms with Gasteiger partial charge in [-0.15, -0.1) is 0 Å². The molecule has 0 aromatic carbocycles. The van der Waals surface area contributed by atoms with Crippen LogP contribution in [0.1, 0.15) is 38.5 Å². The van der Waals surface area contributed by atoms with Crippen LogP contribution in [0.3, 0.4) is 0 Å². The van der Waals surface area contributed by atoms with Crippen LogP contribution in [-0.4, -0.2) is 22.5 Å². The number of rotatable bonds is 1. The van der Waals surface area contributed by atoms with Crippen molar-refractivity contribution in [1.82, 2.24) is 10.2 Å². The first-order valence-electron chi connectivity index (χ1n) is 7.61. The second-order valence-corrected chi connectivity index (χ2v) is 5.95. The summed E-state index contributed by atoms with van der Waals surface area (Å²) in [6, 6.07) is 0. The summed E-state index contributed by atoms with van der Waals surface area (Å²) >= 11 is 5.48. The molecule has 3 rings (SSSR count). The number of thiocarbonyl (C=S) groups is 1. The molecular formula is C17H20N2OS. The van der Waals surface area contributed by atoms with E-state index < -0.39 is 0 Å². The number of hydrogen-bond donors (Lipinski definition) is 1. The lowest BCUT2D eigenvalue weighted by Gasteiger charge is -2.34. The van der Waals surface area contributed by atoms with Crippen LogP contribution in [0.25, 0.3) is 0 Å². The highest BCUT2D eigenvalue weighted by molar-refractivity contribution is 7.80. The maximum Gasteiger partial charge on any atom is 0.253 e. The van der Waals surface area contributed by atoms with Crippen LogP contribution in [0.4, 0.5) is 0 Å². The first kappa shape index (κ1) is 14.3. The molecule has 1 amide bonds. The lowest BCUT2D eigenvalue weighted by molar-refractivity contribution is -0.116. The Kier molecular flexibility index (Phi) is 4.34. The fraction of sp³-hybridized carbons (Fsp3) is 0.412. The fourth-order valence-corrected chi connectivity index (χ4v) is 3.35. The van der Waals surface area contributed by atoms with Crippen molar-refractivity contribution in [2.24, 2.45) is 0 Å². The van der Waals surface area contributed by atoms with Crippen molar-refractivity contribution >= 4 is 23.2 Å². The Bertz CT molecular complexity index is 584. The molecule has 3 aliphatic rings. The minimum atomic E-state index is -0.0524. The Balaban J connectivity index is 1.69. The van der Waals surface area contributed by atoms with Gasteiger partial charge in [-0.2, -0.15) is 0 Å². The molecule has 0 aromatic heterocycles. The average molecular weight is 300 g/mol. The molecule has 3 nitrogen and oxygen atoms in total. The number of carbonyl (C=O) groups excluding carboxylic acids is 1. The summed E-state index contributed by atoms with van der Waals surface area (Å²) in [5.74, 6) is -0.0524. The van der Waals surface area contributed by atoms with Gasteiger partial charge < -0.3 is 4.90 Å². The smallest absolute Gasteiger partial charge is 0.253 e. The number of nitrogens with one attached hydrogen (secondary N) is 1. The number of nitrogens with zero attached hydrogens (tertiary/aromatic N) is 1. The van der Waals surface area contributed by atoms with Gasteiger partial charge in [-0.1, -0.05) is 30.4 Å². The number of hydrogen-bond acceptors (Lipinski definition) is 2. The minimum Gasteiger partial charge on any atom is -0.322 e. The third-order valence-electron chi connectivity index (χ3n) is 4.15. The van der Waals surface area contributed by atoms with Gasteiger partial charge in [-0.25, -0.2) is 0 Å². The highest BCUT2D eigenvalue weighted by atomic mass is 32.1. The van der Waals surface area contributed by atoms with E-state index in [1.165, 1.54) is 11.3 Å². The zero-order valence-electron chi connectivity index (χ0n) is 12.1. The first-order valence-corrected chi connectivity index (χ1v) is 8.02. The van der Waals surface area contributed by atoms with Gasteiger partial charge in [0.15, 0.2) is 5.11 Å². The van der Waals surface area contributed by atoms with Crippen LogP contribution >= 0.6 is 12.2 Å². The molecule has 0 saturated heterocycles. The van der Waals surface area contributed by atoms with E-state index in [1.807, 2.05) is 12.2 Å². The normalized spacial score (nSPS) is 21.0. The lowest BCUT2D eigenvalue weighted by Crippen LogP contribution is -2.44.